The minimum absolute atomic E-state index is 0.0305. The highest BCUT2D eigenvalue weighted by molar-refractivity contribution is 5.92. The van der Waals surface area contributed by atoms with E-state index in [0.29, 0.717) is 11.3 Å². The van der Waals surface area contributed by atoms with Gasteiger partial charge in [-0.3, -0.25) is 4.79 Å². The second-order valence-electron chi connectivity index (χ2n) is 4.87. The summed E-state index contributed by atoms with van der Waals surface area (Å²) < 4.78 is 29.0. The van der Waals surface area contributed by atoms with Gasteiger partial charge in [0.05, 0.1) is 0 Å². The molecule has 0 radical (unpaired) electrons. The van der Waals surface area contributed by atoms with Crippen molar-refractivity contribution in [3.63, 3.8) is 0 Å². The van der Waals surface area contributed by atoms with Crippen molar-refractivity contribution in [3.8, 4) is 5.75 Å². The van der Waals surface area contributed by atoms with Crippen molar-refractivity contribution < 1.29 is 18.3 Å². The molecule has 110 valence electrons. The fourth-order valence-electron chi connectivity index (χ4n) is 2.23. The highest BCUT2D eigenvalue weighted by Gasteiger charge is 2.21. The maximum atomic E-state index is 12.3. The Morgan fingerprint density at radius 1 is 1.40 bits per heavy atom. The molecule has 4 nitrogen and oxygen atoms in total. The minimum Gasteiger partial charge on any atom is -0.434 e. The van der Waals surface area contributed by atoms with E-state index in [2.05, 4.69) is 15.4 Å². The SMILES string of the molecule is Cc1ccc(NC(=O)C2CCNCC2)cc1OC(F)F. The van der Waals surface area contributed by atoms with Gasteiger partial charge < -0.3 is 15.4 Å². The van der Waals surface area contributed by atoms with Gasteiger partial charge >= 0.3 is 6.61 Å². The summed E-state index contributed by atoms with van der Waals surface area (Å²) in [6.07, 6.45) is 1.58. The third-order valence-electron chi connectivity index (χ3n) is 3.38. The molecule has 1 saturated heterocycles. The maximum Gasteiger partial charge on any atom is 0.387 e. The summed E-state index contributed by atoms with van der Waals surface area (Å²) in [5.74, 6) is -0.0153. The number of alkyl halides is 2. The van der Waals surface area contributed by atoms with Crippen molar-refractivity contribution in [2.75, 3.05) is 18.4 Å². The molecule has 1 aromatic rings. The van der Waals surface area contributed by atoms with Crippen LogP contribution in [0.4, 0.5) is 14.5 Å². The number of hydrogen-bond donors (Lipinski definition) is 2. The molecule has 0 aliphatic carbocycles. The summed E-state index contributed by atoms with van der Waals surface area (Å²) in [6, 6.07) is 4.77. The molecular weight excluding hydrogens is 266 g/mol. The quantitative estimate of drug-likeness (QED) is 0.893. The van der Waals surface area contributed by atoms with Crippen molar-refractivity contribution >= 4 is 11.6 Å². The number of hydrogen-bond acceptors (Lipinski definition) is 3. The fraction of sp³-hybridized carbons (Fsp3) is 0.500. The van der Waals surface area contributed by atoms with Crippen molar-refractivity contribution in [1.82, 2.24) is 5.32 Å². The van der Waals surface area contributed by atoms with Crippen LogP contribution in [0, 0.1) is 12.8 Å². The number of amides is 1. The largest absolute Gasteiger partial charge is 0.434 e. The van der Waals surface area contributed by atoms with E-state index in [0.717, 1.165) is 25.9 Å². The molecule has 2 rings (SSSR count). The van der Waals surface area contributed by atoms with Crippen LogP contribution in [0.15, 0.2) is 18.2 Å². The number of piperidine rings is 1. The highest BCUT2D eigenvalue weighted by Crippen LogP contribution is 2.25. The Hall–Kier alpha value is -1.69. The lowest BCUT2D eigenvalue weighted by Gasteiger charge is -2.22. The number of rotatable bonds is 4. The van der Waals surface area contributed by atoms with Gasteiger partial charge in [-0.25, -0.2) is 0 Å². The van der Waals surface area contributed by atoms with Crippen LogP contribution < -0.4 is 15.4 Å². The van der Waals surface area contributed by atoms with Crippen molar-refractivity contribution in [1.29, 1.82) is 0 Å². The van der Waals surface area contributed by atoms with E-state index in [1.165, 1.54) is 6.07 Å². The second kappa shape index (κ2) is 6.65. The molecule has 0 aromatic heterocycles. The molecule has 0 spiro atoms. The predicted octanol–water partition coefficient (Wildman–Crippen LogP) is 2.53. The smallest absolute Gasteiger partial charge is 0.387 e. The Morgan fingerprint density at radius 3 is 2.75 bits per heavy atom. The van der Waals surface area contributed by atoms with E-state index in [-0.39, 0.29) is 17.6 Å². The molecule has 0 unspecified atom stereocenters. The zero-order valence-electron chi connectivity index (χ0n) is 11.3. The molecule has 2 N–H and O–H groups in total. The number of halogens is 2. The molecular formula is C14H18F2N2O2. The molecule has 1 aliphatic heterocycles. The zero-order chi connectivity index (χ0) is 14.5. The molecule has 6 heteroatoms. The van der Waals surface area contributed by atoms with Crippen molar-refractivity contribution in [2.24, 2.45) is 5.92 Å². The number of anilines is 1. The van der Waals surface area contributed by atoms with Crippen LogP contribution in [-0.4, -0.2) is 25.6 Å². The monoisotopic (exact) mass is 284 g/mol. The van der Waals surface area contributed by atoms with Gasteiger partial charge in [0.1, 0.15) is 5.75 Å². The van der Waals surface area contributed by atoms with Gasteiger partial charge in [0.2, 0.25) is 5.91 Å². The Balaban J connectivity index is 2.03. The first kappa shape index (κ1) is 14.7. The summed E-state index contributed by atoms with van der Waals surface area (Å²) in [5.41, 5.74) is 1.08. The van der Waals surface area contributed by atoms with Crippen LogP contribution in [0.2, 0.25) is 0 Å². The van der Waals surface area contributed by atoms with Gasteiger partial charge in [-0.15, -0.1) is 0 Å². The lowest BCUT2D eigenvalue weighted by molar-refractivity contribution is -0.120. The summed E-state index contributed by atoms with van der Waals surface area (Å²) in [7, 11) is 0. The van der Waals surface area contributed by atoms with Gasteiger partial charge in [0.15, 0.2) is 0 Å². The van der Waals surface area contributed by atoms with Crippen LogP contribution in [0.1, 0.15) is 18.4 Å². The number of ether oxygens (including phenoxy) is 1. The van der Waals surface area contributed by atoms with Crippen molar-refractivity contribution in [3.05, 3.63) is 23.8 Å². The maximum absolute atomic E-state index is 12.3. The van der Waals surface area contributed by atoms with E-state index in [9.17, 15) is 13.6 Å². The van der Waals surface area contributed by atoms with E-state index in [1.54, 1.807) is 19.1 Å². The number of aryl methyl sites for hydroxylation is 1. The van der Waals surface area contributed by atoms with Crippen LogP contribution in [0.25, 0.3) is 0 Å². The van der Waals surface area contributed by atoms with Crippen LogP contribution in [-0.2, 0) is 4.79 Å². The fourth-order valence-corrected chi connectivity index (χ4v) is 2.23. The van der Waals surface area contributed by atoms with Gasteiger partial charge in [-0.2, -0.15) is 8.78 Å². The van der Waals surface area contributed by atoms with Gasteiger partial charge in [-0.05, 0) is 44.5 Å². The lowest BCUT2D eigenvalue weighted by Crippen LogP contribution is -2.34. The van der Waals surface area contributed by atoms with E-state index in [1.807, 2.05) is 0 Å². The minimum atomic E-state index is -2.87. The Morgan fingerprint density at radius 2 is 2.10 bits per heavy atom. The highest BCUT2D eigenvalue weighted by atomic mass is 19.3. The zero-order valence-corrected chi connectivity index (χ0v) is 11.3. The first-order chi connectivity index (χ1) is 9.56. The lowest BCUT2D eigenvalue weighted by atomic mass is 9.97. The molecule has 1 amide bonds. The standard InChI is InChI=1S/C14H18F2N2O2/c1-9-2-3-11(8-12(9)20-14(15)16)18-13(19)10-4-6-17-7-5-10/h2-3,8,10,14,17H,4-7H2,1H3,(H,18,19). The van der Waals surface area contributed by atoms with E-state index >= 15 is 0 Å². The molecule has 1 heterocycles. The average molecular weight is 284 g/mol. The third-order valence-corrected chi connectivity index (χ3v) is 3.38. The summed E-state index contributed by atoms with van der Waals surface area (Å²) in [5, 5.41) is 5.95. The number of carbonyl (C=O) groups excluding carboxylic acids is 1. The van der Waals surface area contributed by atoms with E-state index < -0.39 is 6.61 Å². The molecule has 1 aromatic carbocycles. The van der Waals surface area contributed by atoms with E-state index in [4.69, 9.17) is 0 Å². The third kappa shape index (κ3) is 3.90. The molecule has 20 heavy (non-hydrogen) atoms. The Labute approximate surface area is 116 Å². The molecule has 0 bridgehead atoms. The number of carbonyl (C=O) groups is 1. The molecule has 0 atom stereocenters. The predicted molar refractivity (Wildman–Crippen MR) is 72.0 cm³/mol. The number of benzene rings is 1. The molecule has 0 saturated carbocycles. The van der Waals surface area contributed by atoms with Crippen molar-refractivity contribution in [2.45, 2.75) is 26.4 Å². The molecule has 1 fully saturated rings. The van der Waals surface area contributed by atoms with Crippen LogP contribution in [0.5, 0.6) is 5.75 Å². The van der Waals surface area contributed by atoms with Crippen LogP contribution >= 0.6 is 0 Å². The van der Waals surface area contributed by atoms with Gasteiger partial charge in [-0.1, -0.05) is 6.07 Å². The van der Waals surface area contributed by atoms with Gasteiger partial charge in [0.25, 0.3) is 0 Å². The number of nitrogens with one attached hydrogen (secondary N) is 2. The van der Waals surface area contributed by atoms with Crippen LogP contribution in [0.3, 0.4) is 0 Å². The summed E-state index contributed by atoms with van der Waals surface area (Å²) in [4.78, 5) is 12.1. The average Bonchev–Trinajstić information content (AvgIpc) is 2.43. The van der Waals surface area contributed by atoms with Gasteiger partial charge in [0, 0.05) is 17.7 Å². The summed E-state index contributed by atoms with van der Waals surface area (Å²) >= 11 is 0. The topological polar surface area (TPSA) is 50.4 Å². The normalized spacial score (nSPS) is 16.2. The summed E-state index contributed by atoms with van der Waals surface area (Å²) in [6.45, 7) is 0.456. The first-order valence-corrected chi connectivity index (χ1v) is 6.63. The second-order valence-corrected chi connectivity index (χ2v) is 4.87. The molecule has 1 aliphatic rings. The first-order valence-electron chi connectivity index (χ1n) is 6.63. The Kier molecular flexibility index (Phi) is 4.89. The Bertz CT molecular complexity index is 474.